The molecule has 0 unspecified atom stereocenters. The third-order valence-corrected chi connectivity index (χ3v) is 6.55. The molecule has 0 saturated carbocycles. The van der Waals surface area contributed by atoms with Crippen molar-refractivity contribution in [3.63, 3.8) is 0 Å². The molecule has 0 radical (unpaired) electrons. The van der Waals surface area contributed by atoms with Gasteiger partial charge in [0.05, 0.1) is 36.7 Å². The van der Waals surface area contributed by atoms with Crippen LogP contribution in [0.4, 0.5) is 5.69 Å². The number of nitrogens with zero attached hydrogens (tertiary/aromatic N) is 1. The predicted molar refractivity (Wildman–Crippen MR) is 119 cm³/mol. The van der Waals surface area contributed by atoms with Crippen molar-refractivity contribution < 1.29 is 22.8 Å². The largest absolute Gasteiger partial charge is 0.573 e. The zero-order valence-electron chi connectivity index (χ0n) is 17.4. The second-order valence-corrected chi connectivity index (χ2v) is 8.71. The van der Waals surface area contributed by atoms with Crippen molar-refractivity contribution >= 4 is 33.2 Å². The van der Waals surface area contributed by atoms with Gasteiger partial charge < -0.3 is 19.7 Å². The SMILES string of the molecule is CC[NH+](CC)CCCNC(=O)c1ccc(Cl)c(S(=O)(=O)[N-]c2ccc(OC)cc2)c1. The van der Waals surface area contributed by atoms with E-state index in [0.29, 0.717) is 12.3 Å². The Bertz CT molecular complexity index is 945. The molecule has 2 N–H and O–H groups in total. The molecule has 0 saturated heterocycles. The molecule has 0 atom stereocenters. The molecule has 0 aliphatic rings. The van der Waals surface area contributed by atoms with Crippen LogP contribution in [0, 0.1) is 0 Å². The Morgan fingerprint density at radius 2 is 1.80 bits per heavy atom. The zero-order chi connectivity index (χ0) is 22.1. The van der Waals surface area contributed by atoms with Gasteiger partial charge in [0.25, 0.3) is 5.91 Å². The lowest BCUT2D eigenvalue weighted by Gasteiger charge is -2.23. The molecule has 0 aliphatic heterocycles. The lowest BCUT2D eigenvalue weighted by Crippen LogP contribution is -3.11. The van der Waals surface area contributed by atoms with Crippen molar-refractivity contribution in [1.82, 2.24) is 5.32 Å². The van der Waals surface area contributed by atoms with E-state index in [1.54, 1.807) is 12.1 Å². The molecule has 2 aromatic carbocycles. The molecular weight excluding hydrogens is 426 g/mol. The zero-order valence-corrected chi connectivity index (χ0v) is 19.0. The number of sulfonamides is 1. The standard InChI is InChI=1S/C21H27ClN3O4S/c1-4-25(5-2)14-6-13-23-21(26)16-7-12-19(22)20(15-16)30(27,28)24-17-8-10-18(29-3)11-9-17/h7-12,15H,4-6,13-14H2,1-3H3,(H,23,26)/q-1/p+1. The van der Waals surface area contributed by atoms with Crippen LogP contribution in [0.1, 0.15) is 30.6 Å². The second kappa shape index (κ2) is 11.2. The maximum Gasteiger partial charge on any atom is 0.251 e. The molecule has 1 amide bonds. The minimum atomic E-state index is -4.09. The summed E-state index contributed by atoms with van der Waals surface area (Å²) in [5, 5.41) is 2.84. The second-order valence-electron chi connectivity index (χ2n) is 6.73. The summed E-state index contributed by atoms with van der Waals surface area (Å²) in [5.41, 5.74) is 0.457. The third kappa shape index (κ3) is 6.62. The van der Waals surface area contributed by atoms with Crippen molar-refractivity contribution in [2.24, 2.45) is 0 Å². The number of hydrogen-bond donors (Lipinski definition) is 2. The van der Waals surface area contributed by atoms with Crippen molar-refractivity contribution in [2.75, 3.05) is 33.3 Å². The van der Waals surface area contributed by atoms with E-state index >= 15 is 0 Å². The lowest BCUT2D eigenvalue weighted by molar-refractivity contribution is -0.896. The molecule has 9 heteroatoms. The van der Waals surface area contributed by atoms with Gasteiger partial charge in [-0.05, 0) is 44.2 Å². The van der Waals surface area contributed by atoms with E-state index in [0.717, 1.165) is 26.1 Å². The fraction of sp³-hybridized carbons (Fsp3) is 0.381. The molecule has 0 heterocycles. The Balaban J connectivity index is 2.08. The van der Waals surface area contributed by atoms with E-state index < -0.39 is 10.0 Å². The number of hydrogen-bond acceptors (Lipinski definition) is 4. The quantitative estimate of drug-likeness (QED) is 0.512. The van der Waals surface area contributed by atoms with Gasteiger partial charge >= 0.3 is 0 Å². The number of ether oxygens (including phenoxy) is 1. The van der Waals surface area contributed by atoms with E-state index in [1.807, 2.05) is 0 Å². The fourth-order valence-corrected chi connectivity index (χ4v) is 4.42. The highest BCUT2D eigenvalue weighted by molar-refractivity contribution is 7.94. The number of benzene rings is 2. The molecule has 0 aliphatic carbocycles. The summed E-state index contributed by atoms with van der Waals surface area (Å²) in [5.74, 6) is 0.243. The summed E-state index contributed by atoms with van der Waals surface area (Å²) in [6.45, 7) is 7.83. The predicted octanol–water partition coefficient (Wildman–Crippen LogP) is 2.79. The van der Waals surface area contributed by atoms with Gasteiger partial charge in [0.2, 0.25) is 0 Å². The third-order valence-electron chi connectivity index (χ3n) is 4.76. The average molecular weight is 454 g/mol. The minimum Gasteiger partial charge on any atom is -0.573 e. The first-order chi connectivity index (χ1) is 14.3. The lowest BCUT2D eigenvalue weighted by atomic mass is 10.2. The maximum absolute atomic E-state index is 12.7. The van der Waals surface area contributed by atoms with Crippen LogP contribution in [-0.2, 0) is 10.0 Å². The Morgan fingerprint density at radius 1 is 1.13 bits per heavy atom. The van der Waals surface area contributed by atoms with Crippen LogP contribution < -0.4 is 15.0 Å². The van der Waals surface area contributed by atoms with Gasteiger partial charge in [0.15, 0.2) is 0 Å². The molecule has 2 rings (SSSR count). The Labute approximate surface area is 183 Å². The summed E-state index contributed by atoms with van der Waals surface area (Å²) in [6.07, 6.45) is 0.842. The molecule has 164 valence electrons. The van der Waals surface area contributed by atoms with Crippen molar-refractivity contribution in [3.05, 3.63) is 57.8 Å². The van der Waals surface area contributed by atoms with E-state index in [-0.39, 0.29) is 27.1 Å². The number of carbonyl (C=O) groups is 1. The fourth-order valence-electron chi connectivity index (χ4n) is 2.92. The molecule has 0 bridgehead atoms. The highest BCUT2D eigenvalue weighted by Crippen LogP contribution is 2.33. The van der Waals surface area contributed by atoms with Crippen molar-refractivity contribution in [1.29, 1.82) is 0 Å². The molecule has 2 aromatic rings. The van der Waals surface area contributed by atoms with E-state index in [4.69, 9.17) is 16.3 Å². The van der Waals surface area contributed by atoms with Gasteiger partial charge in [0.1, 0.15) is 15.8 Å². The Morgan fingerprint density at radius 3 is 2.40 bits per heavy atom. The van der Waals surface area contributed by atoms with Crippen LogP contribution >= 0.6 is 11.6 Å². The van der Waals surface area contributed by atoms with Gasteiger partial charge in [-0.25, -0.2) is 8.42 Å². The van der Waals surface area contributed by atoms with Crippen LogP contribution in [0.5, 0.6) is 5.75 Å². The van der Waals surface area contributed by atoms with Gasteiger partial charge in [0, 0.05) is 18.5 Å². The van der Waals surface area contributed by atoms with Crippen molar-refractivity contribution in [2.45, 2.75) is 25.2 Å². The molecule has 7 nitrogen and oxygen atoms in total. The van der Waals surface area contributed by atoms with Gasteiger partial charge in [-0.15, -0.1) is 5.69 Å². The van der Waals surface area contributed by atoms with Gasteiger partial charge in [-0.3, -0.25) is 4.79 Å². The number of halogens is 1. The number of quaternary nitrogens is 1. The summed E-state index contributed by atoms with van der Waals surface area (Å²) in [7, 11) is -2.58. The van der Waals surface area contributed by atoms with E-state index in [2.05, 4.69) is 23.9 Å². The first-order valence-corrected chi connectivity index (χ1v) is 11.7. The van der Waals surface area contributed by atoms with Crippen LogP contribution in [-0.4, -0.2) is 47.6 Å². The number of nitrogens with one attached hydrogen (secondary N) is 2. The summed E-state index contributed by atoms with van der Waals surface area (Å²) in [4.78, 5) is 13.7. The first-order valence-electron chi connectivity index (χ1n) is 9.84. The number of methoxy groups -OCH3 is 1. The highest BCUT2D eigenvalue weighted by atomic mass is 35.5. The molecule has 30 heavy (non-hydrogen) atoms. The first kappa shape index (κ1) is 24.0. The molecule has 0 aromatic heterocycles. The number of carbonyl (C=O) groups excluding carboxylic acids is 1. The van der Waals surface area contributed by atoms with Gasteiger partial charge in [-0.2, -0.15) is 0 Å². The van der Waals surface area contributed by atoms with E-state index in [1.165, 1.54) is 42.3 Å². The van der Waals surface area contributed by atoms with Crippen LogP contribution in [0.15, 0.2) is 47.4 Å². The van der Waals surface area contributed by atoms with Crippen LogP contribution in [0.25, 0.3) is 4.72 Å². The molecular formula is C21H28ClN3O4S. The Kier molecular flexibility index (Phi) is 8.95. The summed E-state index contributed by atoms with van der Waals surface area (Å²) < 4.78 is 34.3. The maximum atomic E-state index is 12.7. The minimum absolute atomic E-state index is 0.00828. The number of rotatable bonds is 11. The van der Waals surface area contributed by atoms with Gasteiger partial charge in [-0.1, -0.05) is 23.7 Å². The summed E-state index contributed by atoms with van der Waals surface area (Å²) >= 11 is 6.10. The highest BCUT2D eigenvalue weighted by Gasteiger charge is 2.15. The van der Waals surface area contributed by atoms with Crippen LogP contribution in [0.2, 0.25) is 5.02 Å². The number of amides is 1. The Hall–Kier alpha value is -2.29. The molecule has 0 fully saturated rings. The smallest absolute Gasteiger partial charge is 0.251 e. The van der Waals surface area contributed by atoms with Crippen LogP contribution in [0.3, 0.4) is 0 Å². The van der Waals surface area contributed by atoms with E-state index in [9.17, 15) is 13.2 Å². The normalized spacial score (nSPS) is 11.4. The molecule has 0 spiro atoms. The average Bonchev–Trinajstić information content (AvgIpc) is 2.74. The van der Waals surface area contributed by atoms with Crippen molar-refractivity contribution in [3.8, 4) is 5.75 Å². The topological polar surface area (TPSA) is 91.0 Å². The monoisotopic (exact) mass is 453 g/mol. The summed E-state index contributed by atoms with van der Waals surface area (Å²) in [6, 6.07) is 10.4.